The number of hydrogen-bond donors (Lipinski definition) is 3. The molecule has 0 fully saturated rings. The van der Waals surface area contributed by atoms with Gasteiger partial charge in [-0.3, -0.25) is 14.9 Å². The quantitative estimate of drug-likeness (QED) is 0.672. The van der Waals surface area contributed by atoms with Gasteiger partial charge in [0.2, 0.25) is 5.91 Å². The predicted octanol–water partition coefficient (Wildman–Crippen LogP) is 1.50. The van der Waals surface area contributed by atoms with E-state index in [0.29, 0.717) is 0 Å². The smallest absolute Gasteiger partial charge is 0.321 e. The van der Waals surface area contributed by atoms with Crippen molar-refractivity contribution in [2.24, 2.45) is 5.41 Å². The summed E-state index contributed by atoms with van der Waals surface area (Å²) in [7, 11) is 0. The second-order valence-electron chi connectivity index (χ2n) is 4.90. The van der Waals surface area contributed by atoms with Crippen LogP contribution in [-0.4, -0.2) is 29.1 Å². The Morgan fingerprint density at radius 3 is 2.06 bits per heavy atom. The summed E-state index contributed by atoms with van der Waals surface area (Å²) in [4.78, 5) is 33.8. The van der Waals surface area contributed by atoms with Gasteiger partial charge in [0.1, 0.15) is 0 Å². The van der Waals surface area contributed by atoms with Gasteiger partial charge >= 0.3 is 12.0 Å². The molecule has 0 aromatic rings. The molecule has 18 heavy (non-hydrogen) atoms. The molecule has 0 radical (unpaired) electrons. The minimum absolute atomic E-state index is 0.0188. The molecule has 6 heteroatoms. The summed E-state index contributed by atoms with van der Waals surface area (Å²) >= 11 is 0. The van der Waals surface area contributed by atoms with Crippen molar-refractivity contribution in [3.8, 4) is 0 Å². The first-order chi connectivity index (χ1) is 8.22. The van der Waals surface area contributed by atoms with Crippen LogP contribution in [0, 0.1) is 5.41 Å². The number of hydrogen-bond acceptors (Lipinski definition) is 3. The third-order valence-electron chi connectivity index (χ3n) is 2.76. The van der Waals surface area contributed by atoms with E-state index in [9.17, 15) is 14.4 Å². The predicted molar refractivity (Wildman–Crippen MR) is 67.1 cm³/mol. The molecule has 0 saturated heterocycles. The lowest BCUT2D eigenvalue weighted by Gasteiger charge is -2.19. The maximum atomic E-state index is 11.5. The highest BCUT2D eigenvalue weighted by atomic mass is 16.4. The second-order valence-corrected chi connectivity index (χ2v) is 4.90. The van der Waals surface area contributed by atoms with E-state index in [4.69, 9.17) is 5.11 Å². The van der Waals surface area contributed by atoms with Crippen molar-refractivity contribution >= 4 is 17.9 Å². The number of carboxylic acid groups (broad SMARTS) is 1. The minimum Gasteiger partial charge on any atom is -0.481 e. The molecule has 0 aliphatic carbocycles. The molecule has 0 spiro atoms. The molecular weight excluding hydrogens is 236 g/mol. The fraction of sp³-hybridized carbons (Fsp3) is 0.750. The van der Waals surface area contributed by atoms with Gasteiger partial charge in [0.05, 0.1) is 5.41 Å². The maximum absolute atomic E-state index is 11.5. The van der Waals surface area contributed by atoms with Crippen molar-refractivity contribution in [1.82, 2.24) is 10.6 Å². The molecule has 0 aromatic heterocycles. The van der Waals surface area contributed by atoms with Crippen LogP contribution in [0.25, 0.3) is 0 Å². The summed E-state index contributed by atoms with van der Waals surface area (Å²) in [5.74, 6) is -1.66. The fourth-order valence-corrected chi connectivity index (χ4v) is 1.36. The number of amides is 3. The maximum Gasteiger partial charge on any atom is 0.321 e. The molecule has 0 bridgehead atoms. The summed E-state index contributed by atoms with van der Waals surface area (Å²) in [6, 6.07) is -0.555. The number of rotatable bonds is 6. The average Bonchev–Trinajstić information content (AvgIpc) is 2.24. The van der Waals surface area contributed by atoms with E-state index < -0.39 is 23.3 Å². The zero-order valence-electron chi connectivity index (χ0n) is 11.4. The molecule has 0 saturated carbocycles. The minimum atomic E-state index is -1.18. The number of imide groups is 1. The third kappa shape index (κ3) is 5.65. The topological polar surface area (TPSA) is 95.5 Å². The summed E-state index contributed by atoms with van der Waals surface area (Å²) in [5.41, 5.74) is -1.18. The van der Waals surface area contributed by atoms with Gasteiger partial charge in [0, 0.05) is 12.5 Å². The molecule has 0 aliphatic rings. The van der Waals surface area contributed by atoms with Crippen molar-refractivity contribution in [3.05, 3.63) is 0 Å². The number of aliphatic carboxylic acids is 1. The lowest BCUT2D eigenvalue weighted by Crippen LogP contribution is -2.45. The molecule has 0 heterocycles. The normalized spacial score (nSPS) is 11.2. The molecule has 3 amide bonds. The van der Waals surface area contributed by atoms with Gasteiger partial charge in [-0.2, -0.15) is 0 Å². The number of nitrogens with one attached hydrogen (secondary N) is 2. The van der Waals surface area contributed by atoms with Crippen molar-refractivity contribution in [2.75, 3.05) is 0 Å². The van der Waals surface area contributed by atoms with Crippen LogP contribution >= 0.6 is 0 Å². The summed E-state index contributed by atoms with van der Waals surface area (Å²) in [5, 5.41) is 13.6. The fourth-order valence-electron chi connectivity index (χ4n) is 1.36. The van der Waals surface area contributed by atoms with Gasteiger partial charge in [-0.25, -0.2) is 4.79 Å². The van der Waals surface area contributed by atoms with E-state index in [1.54, 1.807) is 0 Å². The standard InChI is InChI=1S/C12H22N2O4/c1-5-8(6-2)13-11(18)14-9(15)7-12(3,4)10(16)17/h8H,5-7H2,1-4H3,(H,16,17)(H2,13,14,15,18). The van der Waals surface area contributed by atoms with Crippen molar-refractivity contribution in [1.29, 1.82) is 0 Å². The van der Waals surface area contributed by atoms with Crippen molar-refractivity contribution in [3.63, 3.8) is 0 Å². The van der Waals surface area contributed by atoms with E-state index in [1.165, 1.54) is 13.8 Å². The molecule has 0 atom stereocenters. The Morgan fingerprint density at radius 2 is 1.67 bits per heavy atom. The number of urea groups is 1. The van der Waals surface area contributed by atoms with Gasteiger partial charge in [0.25, 0.3) is 0 Å². The Hall–Kier alpha value is -1.59. The lowest BCUT2D eigenvalue weighted by atomic mass is 9.89. The molecule has 3 N–H and O–H groups in total. The summed E-state index contributed by atoms with van der Waals surface area (Å²) in [6.07, 6.45) is 1.32. The van der Waals surface area contributed by atoms with E-state index in [2.05, 4.69) is 10.6 Å². The zero-order chi connectivity index (χ0) is 14.3. The Bertz CT molecular complexity index is 322. The van der Waals surface area contributed by atoms with Crippen LogP contribution in [0.2, 0.25) is 0 Å². The zero-order valence-corrected chi connectivity index (χ0v) is 11.4. The van der Waals surface area contributed by atoms with E-state index >= 15 is 0 Å². The van der Waals surface area contributed by atoms with Crippen molar-refractivity contribution < 1.29 is 19.5 Å². The van der Waals surface area contributed by atoms with Crippen LogP contribution < -0.4 is 10.6 Å². The highest BCUT2D eigenvalue weighted by molar-refractivity contribution is 5.96. The Kier molecular flexibility index (Phi) is 6.36. The number of carboxylic acids is 1. The monoisotopic (exact) mass is 258 g/mol. The highest BCUT2D eigenvalue weighted by Gasteiger charge is 2.30. The van der Waals surface area contributed by atoms with E-state index in [0.717, 1.165) is 12.8 Å². The van der Waals surface area contributed by atoms with E-state index in [1.807, 2.05) is 13.8 Å². The van der Waals surface area contributed by atoms with Crippen molar-refractivity contribution in [2.45, 2.75) is 53.0 Å². The van der Waals surface area contributed by atoms with Crippen LogP contribution in [0.4, 0.5) is 4.79 Å². The first-order valence-electron chi connectivity index (χ1n) is 6.06. The number of carbonyl (C=O) groups excluding carboxylic acids is 2. The molecule has 0 rings (SSSR count). The lowest BCUT2D eigenvalue weighted by molar-refractivity contribution is -0.149. The molecule has 0 aromatic carbocycles. The van der Waals surface area contributed by atoms with Gasteiger partial charge in [0.15, 0.2) is 0 Å². The average molecular weight is 258 g/mol. The molecule has 0 unspecified atom stereocenters. The van der Waals surface area contributed by atoms with Crippen LogP contribution in [0.5, 0.6) is 0 Å². The first-order valence-corrected chi connectivity index (χ1v) is 6.06. The van der Waals surface area contributed by atoms with Crippen LogP contribution in [0.3, 0.4) is 0 Å². The molecular formula is C12H22N2O4. The Labute approximate surface area is 107 Å². The Balaban J connectivity index is 4.25. The first kappa shape index (κ1) is 16.4. The molecule has 0 aliphatic heterocycles. The van der Waals surface area contributed by atoms with Crippen LogP contribution in [-0.2, 0) is 9.59 Å². The largest absolute Gasteiger partial charge is 0.481 e. The SMILES string of the molecule is CCC(CC)NC(=O)NC(=O)CC(C)(C)C(=O)O. The summed E-state index contributed by atoms with van der Waals surface area (Å²) < 4.78 is 0. The highest BCUT2D eigenvalue weighted by Crippen LogP contribution is 2.19. The van der Waals surface area contributed by atoms with Crippen LogP contribution in [0.1, 0.15) is 47.0 Å². The van der Waals surface area contributed by atoms with Gasteiger partial charge in [-0.1, -0.05) is 13.8 Å². The molecule has 104 valence electrons. The van der Waals surface area contributed by atoms with Gasteiger partial charge in [-0.05, 0) is 26.7 Å². The number of carbonyl (C=O) groups is 3. The third-order valence-corrected chi connectivity index (χ3v) is 2.76. The summed E-state index contributed by atoms with van der Waals surface area (Å²) in [6.45, 7) is 6.75. The Morgan fingerprint density at radius 1 is 1.17 bits per heavy atom. The van der Waals surface area contributed by atoms with E-state index in [-0.39, 0.29) is 12.5 Å². The van der Waals surface area contributed by atoms with Gasteiger partial charge < -0.3 is 10.4 Å². The second kappa shape index (κ2) is 6.98. The molecule has 6 nitrogen and oxygen atoms in total. The van der Waals surface area contributed by atoms with Crippen LogP contribution in [0.15, 0.2) is 0 Å². The van der Waals surface area contributed by atoms with Gasteiger partial charge in [-0.15, -0.1) is 0 Å².